The second-order valence-electron chi connectivity index (χ2n) is 4.73. The molecule has 1 heteroatoms. The molecule has 0 saturated heterocycles. The quantitative estimate of drug-likeness (QED) is 0.778. The largest absolute Gasteiger partial charge is 0.385 e. The first kappa shape index (κ1) is 10.7. The molecule has 0 spiro atoms. The summed E-state index contributed by atoms with van der Waals surface area (Å²) in [6, 6.07) is 10.1. The van der Waals surface area contributed by atoms with Crippen LogP contribution in [-0.4, -0.2) is 5.11 Å². The van der Waals surface area contributed by atoms with Gasteiger partial charge in [0.25, 0.3) is 0 Å². The van der Waals surface area contributed by atoms with Gasteiger partial charge in [-0.3, -0.25) is 0 Å². The summed E-state index contributed by atoms with van der Waals surface area (Å²) in [5.74, 6) is 0.895. The van der Waals surface area contributed by atoms with E-state index >= 15 is 0 Å². The predicted octanol–water partition coefficient (Wildman–Crippen LogP) is 3.47. The smallest absolute Gasteiger partial charge is 0.0894 e. The van der Waals surface area contributed by atoms with Gasteiger partial charge < -0.3 is 5.11 Å². The average molecular weight is 204 g/mol. The summed E-state index contributed by atoms with van der Waals surface area (Å²) in [4.78, 5) is 0. The van der Waals surface area contributed by atoms with Crippen molar-refractivity contribution < 1.29 is 5.11 Å². The predicted molar refractivity (Wildman–Crippen MR) is 62.6 cm³/mol. The molecule has 1 saturated carbocycles. The monoisotopic (exact) mass is 204 g/mol. The maximum Gasteiger partial charge on any atom is 0.0894 e. The van der Waals surface area contributed by atoms with Crippen LogP contribution in [-0.2, 0) is 5.60 Å². The standard InChI is InChI=1S/C14H20O/c1-2-14(15,11-10-12-8-9-12)13-6-4-3-5-7-13/h3-7,12,15H,2,8-11H2,1H3. The Bertz CT molecular complexity index is 302. The number of hydrogen-bond donors (Lipinski definition) is 1. The third-order valence-corrected chi connectivity index (χ3v) is 3.56. The fourth-order valence-electron chi connectivity index (χ4n) is 2.12. The Morgan fingerprint density at radius 1 is 1.27 bits per heavy atom. The van der Waals surface area contributed by atoms with E-state index in [0.717, 1.165) is 24.3 Å². The molecule has 0 bridgehead atoms. The topological polar surface area (TPSA) is 20.2 Å². The first-order chi connectivity index (χ1) is 7.24. The van der Waals surface area contributed by atoms with Crippen LogP contribution in [0.25, 0.3) is 0 Å². The maximum absolute atomic E-state index is 10.6. The number of aliphatic hydroxyl groups is 1. The molecule has 1 atom stereocenters. The van der Waals surface area contributed by atoms with E-state index < -0.39 is 5.60 Å². The fraction of sp³-hybridized carbons (Fsp3) is 0.571. The van der Waals surface area contributed by atoms with Gasteiger partial charge in [0.1, 0.15) is 0 Å². The van der Waals surface area contributed by atoms with Crippen molar-refractivity contribution in [2.24, 2.45) is 5.92 Å². The lowest BCUT2D eigenvalue weighted by molar-refractivity contribution is 0.0199. The second kappa shape index (κ2) is 4.36. The number of rotatable bonds is 5. The molecule has 1 aliphatic rings. The molecule has 1 unspecified atom stereocenters. The van der Waals surface area contributed by atoms with Crippen molar-refractivity contribution >= 4 is 0 Å². The van der Waals surface area contributed by atoms with Gasteiger partial charge in [0.2, 0.25) is 0 Å². The van der Waals surface area contributed by atoms with Gasteiger partial charge in [0, 0.05) is 0 Å². The lowest BCUT2D eigenvalue weighted by Crippen LogP contribution is -2.24. The summed E-state index contributed by atoms with van der Waals surface area (Å²) >= 11 is 0. The van der Waals surface area contributed by atoms with Gasteiger partial charge in [-0.05, 0) is 30.7 Å². The third-order valence-electron chi connectivity index (χ3n) is 3.56. The van der Waals surface area contributed by atoms with Crippen LogP contribution >= 0.6 is 0 Å². The van der Waals surface area contributed by atoms with Crippen LogP contribution in [0.1, 0.15) is 44.6 Å². The lowest BCUT2D eigenvalue weighted by Gasteiger charge is -2.27. The Morgan fingerprint density at radius 3 is 2.47 bits per heavy atom. The van der Waals surface area contributed by atoms with E-state index in [4.69, 9.17) is 0 Å². The highest BCUT2D eigenvalue weighted by Crippen LogP contribution is 2.39. The fourth-order valence-corrected chi connectivity index (χ4v) is 2.12. The van der Waals surface area contributed by atoms with Crippen molar-refractivity contribution in [1.29, 1.82) is 0 Å². The maximum atomic E-state index is 10.6. The Kier molecular flexibility index (Phi) is 3.11. The Labute approximate surface area is 92.1 Å². The van der Waals surface area contributed by atoms with Gasteiger partial charge in [-0.1, -0.05) is 50.1 Å². The van der Waals surface area contributed by atoms with Gasteiger partial charge in [0.05, 0.1) is 5.60 Å². The second-order valence-corrected chi connectivity index (χ2v) is 4.73. The summed E-state index contributed by atoms with van der Waals surface area (Å²) < 4.78 is 0. The van der Waals surface area contributed by atoms with Gasteiger partial charge in [-0.2, -0.15) is 0 Å². The SMILES string of the molecule is CCC(O)(CCC1CC1)c1ccccc1. The van der Waals surface area contributed by atoms with E-state index in [0.29, 0.717) is 0 Å². The van der Waals surface area contributed by atoms with Gasteiger partial charge in [-0.15, -0.1) is 0 Å². The molecule has 2 rings (SSSR count). The summed E-state index contributed by atoms with van der Waals surface area (Å²) in [5, 5.41) is 10.6. The molecule has 1 aliphatic carbocycles. The van der Waals surface area contributed by atoms with Crippen LogP contribution in [0, 0.1) is 5.92 Å². The zero-order chi connectivity index (χ0) is 10.7. The molecule has 0 aliphatic heterocycles. The van der Waals surface area contributed by atoms with Crippen LogP contribution in [0.3, 0.4) is 0 Å². The zero-order valence-electron chi connectivity index (χ0n) is 9.45. The van der Waals surface area contributed by atoms with Crippen molar-refractivity contribution in [3.63, 3.8) is 0 Å². The highest BCUT2D eigenvalue weighted by Gasteiger charge is 2.30. The van der Waals surface area contributed by atoms with E-state index in [1.807, 2.05) is 30.3 Å². The van der Waals surface area contributed by atoms with E-state index in [1.165, 1.54) is 19.3 Å². The van der Waals surface area contributed by atoms with Crippen molar-refractivity contribution in [2.75, 3.05) is 0 Å². The molecule has 0 amide bonds. The minimum Gasteiger partial charge on any atom is -0.385 e. The van der Waals surface area contributed by atoms with E-state index in [9.17, 15) is 5.11 Å². The molecular formula is C14H20O. The summed E-state index contributed by atoms with van der Waals surface area (Å²) in [5.41, 5.74) is 0.484. The normalized spacial score (nSPS) is 19.9. The zero-order valence-corrected chi connectivity index (χ0v) is 9.45. The highest BCUT2D eigenvalue weighted by molar-refractivity contribution is 5.22. The first-order valence-electron chi connectivity index (χ1n) is 6.02. The molecule has 0 aromatic heterocycles. The van der Waals surface area contributed by atoms with Gasteiger partial charge >= 0.3 is 0 Å². The van der Waals surface area contributed by atoms with Crippen molar-refractivity contribution in [3.8, 4) is 0 Å². The van der Waals surface area contributed by atoms with Crippen molar-refractivity contribution in [3.05, 3.63) is 35.9 Å². The molecule has 1 aromatic rings. The molecule has 1 nitrogen and oxygen atoms in total. The van der Waals surface area contributed by atoms with E-state index in [-0.39, 0.29) is 0 Å². The van der Waals surface area contributed by atoms with Gasteiger partial charge in [0.15, 0.2) is 0 Å². The Morgan fingerprint density at radius 2 is 1.93 bits per heavy atom. The van der Waals surface area contributed by atoms with Crippen LogP contribution in [0.2, 0.25) is 0 Å². The first-order valence-corrected chi connectivity index (χ1v) is 6.02. The van der Waals surface area contributed by atoms with Gasteiger partial charge in [-0.25, -0.2) is 0 Å². The summed E-state index contributed by atoms with van der Waals surface area (Å²) in [7, 11) is 0. The van der Waals surface area contributed by atoms with Crippen LogP contribution in [0.15, 0.2) is 30.3 Å². The van der Waals surface area contributed by atoms with Crippen LogP contribution in [0.5, 0.6) is 0 Å². The summed E-state index contributed by atoms with van der Waals surface area (Å²) in [6.45, 7) is 2.07. The van der Waals surface area contributed by atoms with Crippen molar-refractivity contribution in [1.82, 2.24) is 0 Å². The molecule has 1 N–H and O–H groups in total. The molecule has 1 aromatic carbocycles. The minimum absolute atomic E-state index is 0.593. The summed E-state index contributed by atoms with van der Waals surface area (Å²) in [6.07, 6.45) is 5.64. The molecule has 0 radical (unpaired) electrons. The number of hydrogen-bond acceptors (Lipinski definition) is 1. The van der Waals surface area contributed by atoms with E-state index in [1.54, 1.807) is 0 Å². The molecule has 15 heavy (non-hydrogen) atoms. The molecule has 1 fully saturated rings. The minimum atomic E-state index is -0.593. The molecular weight excluding hydrogens is 184 g/mol. The Balaban J connectivity index is 2.05. The average Bonchev–Trinajstić information content (AvgIpc) is 3.11. The third kappa shape index (κ3) is 2.60. The van der Waals surface area contributed by atoms with Crippen LogP contribution in [0.4, 0.5) is 0 Å². The van der Waals surface area contributed by atoms with Crippen molar-refractivity contribution in [2.45, 2.75) is 44.6 Å². The molecule has 82 valence electrons. The van der Waals surface area contributed by atoms with Crippen LogP contribution < -0.4 is 0 Å². The lowest BCUT2D eigenvalue weighted by atomic mass is 9.86. The molecule has 0 heterocycles. The number of benzene rings is 1. The van der Waals surface area contributed by atoms with E-state index in [2.05, 4.69) is 6.92 Å². The Hall–Kier alpha value is -0.820. The highest BCUT2D eigenvalue weighted by atomic mass is 16.3.